The van der Waals surface area contributed by atoms with Crippen molar-refractivity contribution in [2.75, 3.05) is 11.8 Å². The summed E-state index contributed by atoms with van der Waals surface area (Å²) >= 11 is 14.9. The van der Waals surface area contributed by atoms with E-state index in [2.05, 4.69) is 29.8 Å². The lowest BCUT2D eigenvalue weighted by molar-refractivity contribution is 0.00842. The van der Waals surface area contributed by atoms with E-state index >= 15 is 0 Å². The molecule has 0 saturated heterocycles. The minimum atomic E-state index is 0.0146. The monoisotopic (exact) mass is 290 g/mol. The van der Waals surface area contributed by atoms with E-state index in [4.69, 9.17) is 27.9 Å². The SMILES string of the molecule is CCCC(C)OC(CCl)C(Br)CCl. The van der Waals surface area contributed by atoms with Crippen molar-refractivity contribution in [1.82, 2.24) is 0 Å². The topological polar surface area (TPSA) is 9.23 Å². The van der Waals surface area contributed by atoms with Gasteiger partial charge in [0.15, 0.2) is 0 Å². The summed E-state index contributed by atoms with van der Waals surface area (Å²) < 4.78 is 5.73. The molecule has 0 amide bonds. The van der Waals surface area contributed by atoms with Gasteiger partial charge in [0.2, 0.25) is 0 Å². The molecule has 0 radical (unpaired) electrons. The van der Waals surface area contributed by atoms with Gasteiger partial charge in [-0.05, 0) is 13.3 Å². The molecule has 0 aliphatic heterocycles. The van der Waals surface area contributed by atoms with E-state index in [9.17, 15) is 0 Å². The van der Waals surface area contributed by atoms with Crippen molar-refractivity contribution in [3.63, 3.8) is 0 Å². The Morgan fingerprint density at radius 1 is 1.31 bits per heavy atom. The molecule has 80 valence electrons. The lowest BCUT2D eigenvalue weighted by atomic mass is 10.2. The minimum Gasteiger partial charge on any atom is -0.373 e. The van der Waals surface area contributed by atoms with Gasteiger partial charge in [-0.15, -0.1) is 23.2 Å². The molecule has 0 fully saturated rings. The molecule has 4 heteroatoms. The Hall–Kier alpha value is 1.02. The van der Waals surface area contributed by atoms with Gasteiger partial charge in [0.1, 0.15) is 0 Å². The predicted octanol–water partition coefficient (Wildman–Crippen LogP) is 3.80. The maximum Gasteiger partial charge on any atom is 0.0850 e. The van der Waals surface area contributed by atoms with Gasteiger partial charge in [0, 0.05) is 11.8 Å². The predicted molar refractivity (Wildman–Crippen MR) is 63.4 cm³/mol. The van der Waals surface area contributed by atoms with Gasteiger partial charge in [0.25, 0.3) is 0 Å². The summed E-state index contributed by atoms with van der Waals surface area (Å²) in [7, 11) is 0. The minimum absolute atomic E-state index is 0.0146. The molecule has 0 aromatic heterocycles. The van der Waals surface area contributed by atoms with Gasteiger partial charge in [-0.25, -0.2) is 0 Å². The Labute approximate surface area is 99.2 Å². The molecule has 0 spiro atoms. The molecular weight excluding hydrogens is 275 g/mol. The summed E-state index contributed by atoms with van der Waals surface area (Å²) in [5.74, 6) is 1.01. The average Bonchev–Trinajstić information content (AvgIpc) is 2.13. The highest BCUT2D eigenvalue weighted by molar-refractivity contribution is 9.09. The van der Waals surface area contributed by atoms with E-state index in [0.29, 0.717) is 11.8 Å². The number of halogens is 3. The van der Waals surface area contributed by atoms with Gasteiger partial charge in [0.05, 0.1) is 17.0 Å². The van der Waals surface area contributed by atoms with Crippen LogP contribution < -0.4 is 0 Å². The van der Waals surface area contributed by atoms with Crippen LogP contribution in [0.5, 0.6) is 0 Å². The molecule has 0 aromatic carbocycles. The molecule has 3 atom stereocenters. The zero-order valence-electron chi connectivity index (χ0n) is 8.10. The van der Waals surface area contributed by atoms with Crippen LogP contribution in [0.4, 0.5) is 0 Å². The molecule has 0 N–H and O–H groups in total. The van der Waals surface area contributed by atoms with Crippen molar-refractivity contribution in [1.29, 1.82) is 0 Å². The van der Waals surface area contributed by atoms with E-state index in [1.807, 2.05) is 0 Å². The maximum absolute atomic E-state index is 5.77. The summed E-state index contributed by atoms with van der Waals surface area (Å²) in [6.45, 7) is 4.21. The molecule has 0 aliphatic carbocycles. The molecule has 0 saturated carbocycles. The first-order chi connectivity index (χ1) is 6.15. The second kappa shape index (κ2) is 8.34. The maximum atomic E-state index is 5.77. The molecule has 13 heavy (non-hydrogen) atoms. The van der Waals surface area contributed by atoms with E-state index in [1.165, 1.54) is 0 Å². The van der Waals surface area contributed by atoms with Crippen LogP contribution in [0, 0.1) is 0 Å². The summed E-state index contributed by atoms with van der Waals surface area (Å²) in [6.07, 6.45) is 2.47. The Bertz CT molecular complexity index is 124. The fraction of sp³-hybridized carbons (Fsp3) is 1.00. The third-order valence-electron chi connectivity index (χ3n) is 1.81. The lowest BCUT2D eigenvalue weighted by Gasteiger charge is -2.23. The molecule has 0 heterocycles. The Kier molecular flexibility index (Phi) is 8.99. The summed E-state index contributed by atoms with van der Waals surface area (Å²) in [5.41, 5.74) is 0. The second-order valence-corrected chi connectivity index (χ2v) is 4.89. The van der Waals surface area contributed by atoms with Crippen molar-refractivity contribution in [3.05, 3.63) is 0 Å². The van der Waals surface area contributed by atoms with E-state index in [0.717, 1.165) is 12.8 Å². The van der Waals surface area contributed by atoms with Crippen LogP contribution in [0.15, 0.2) is 0 Å². The highest BCUT2D eigenvalue weighted by atomic mass is 79.9. The number of hydrogen-bond donors (Lipinski definition) is 0. The van der Waals surface area contributed by atoms with Gasteiger partial charge in [-0.3, -0.25) is 0 Å². The molecule has 0 aromatic rings. The first-order valence-electron chi connectivity index (χ1n) is 4.57. The van der Waals surface area contributed by atoms with Crippen LogP contribution >= 0.6 is 39.1 Å². The fourth-order valence-electron chi connectivity index (χ4n) is 1.09. The average molecular weight is 292 g/mol. The van der Waals surface area contributed by atoms with Gasteiger partial charge in [-0.1, -0.05) is 29.3 Å². The van der Waals surface area contributed by atoms with Crippen molar-refractivity contribution in [2.45, 2.75) is 43.7 Å². The van der Waals surface area contributed by atoms with Gasteiger partial charge < -0.3 is 4.74 Å². The van der Waals surface area contributed by atoms with Gasteiger partial charge >= 0.3 is 0 Å². The first kappa shape index (κ1) is 14.0. The molecule has 1 nitrogen and oxygen atoms in total. The highest BCUT2D eigenvalue weighted by Crippen LogP contribution is 2.16. The largest absolute Gasteiger partial charge is 0.373 e. The van der Waals surface area contributed by atoms with Crippen molar-refractivity contribution < 1.29 is 4.74 Å². The van der Waals surface area contributed by atoms with Crippen molar-refractivity contribution >= 4 is 39.1 Å². The Balaban J connectivity index is 3.82. The van der Waals surface area contributed by atoms with Gasteiger partial charge in [-0.2, -0.15) is 0 Å². The third-order valence-corrected chi connectivity index (χ3v) is 3.73. The fourth-order valence-corrected chi connectivity index (χ4v) is 2.10. The molecule has 0 aliphatic rings. The third kappa shape index (κ3) is 6.16. The molecule has 0 bridgehead atoms. The summed E-state index contributed by atoms with van der Waals surface area (Å²) in [5, 5.41) is 0. The van der Waals surface area contributed by atoms with Crippen LogP contribution in [-0.4, -0.2) is 28.8 Å². The van der Waals surface area contributed by atoms with Crippen LogP contribution in [0.1, 0.15) is 26.7 Å². The normalized spacial score (nSPS) is 18.2. The Morgan fingerprint density at radius 3 is 2.31 bits per heavy atom. The quantitative estimate of drug-likeness (QED) is 0.648. The van der Waals surface area contributed by atoms with Crippen LogP contribution in [0.3, 0.4) is 0 Å². The number of alkyl halides is 3. The summed E-state index contributed by atoms with van der Waals surface area (Å²) in [6, 6.07) is 0. The van der Waals surface area contributed by atoms with Crippen molar-refractivity contribution in [3.8, 4) is 0 Å². The molecule has 3 unspecified atom stereocenters. The van der Waals surface area contributed by atoms with Crippen LogP contribution in [0.25, 0.3) is 0 Å². The number of ether oxygens (including phenoxy) is 1. The van der Waals surface area contributed by atoms with E-state index in [-0.39, 0.29) is 17.0 Å². The summed E-state index contributed by atoms with van der Waals surface area (Å²) in [4.78, 5) is 0.144. The zero-order chi connectivity index (χ0) is 10.3. The highest BCUT2D eigenvalue weighted by Gasteiger charge is 2.19. The molecule has 0 rings (SSSR count). The Morgan fingerprint density at radius 2 is 1.92 bits per heavy atom. The molecular formula is C9H17BrCl2O. The second-order valence-electron chi connectivity index (χ2n) is 3.10. The lowest BCUT2D eigenvalue weighted by Crippen LogP contribution is -2.31. The zero-order valence-corrected chi connectivity index (χ0v) is 11.2. The van der Waals surface area contributed by atoms with Crippen LogP contribution in [-0.2, 0) is 4.74 Å². The smallest absolute Gasteiger partial charge is 0.0850 e. The standard InChI is InChI=1S/C9H17BrCl2O/c1-3-4-7(2)13-9(6-12)8(10)5-11/h7-9H,3-6H2,1-2H3. The van der Waals surface area contributed by atoms with Crippen LogP contribution in [0.2, 0.25) is 0 Å². The van der Waals surface area contributed by atoms with E-state index in [1.54, 1.807) is 0 Å². The number of rotatable bonds is 7. The first-order valence-corrected chi connectivity index (χ1v) is 6.55. The number of hydrogen-bond acceptors (Lipinski definition) is 1. The van der Waals surface area contributed by atoms with E-state index < -0.39 is 0 Å². The van der Waals surface area contributed by atoms with Crippen molar-refractivity contribution in [2.24, 2.45) is 0 Å².